The van der Waals surface area contributed by atoms with Crippen LogP contribution in [0.5, 0.6) is 0 Å². The molecule has 0 aromatic heterocycles. The number of rotatable bonds is 34. The maximum absolute atomic E-state index is 12.5. The second kappa shape index (κ2) is 30.9. The topological polar surface area (TPSA) is 124 Å². The Morgan fingerprint density at radius 2 is 0.818 bits per heavy atom. The minimum Gasteiger partial charge on any atom is -0.391 e. The Balaban J connectivity index is 3.73. The van der Waals surface area contributed by atoms with Crippen LogP contribution in [-0.4, -0.2) is 53.1 Å². The molecule has 44 heavy (non-hydrogen) atoms. The quantitative estimate of drug-likeness (QED) is 0.0407. The second-order valence-electron chi connectivity index (χ2n) is 13.4. The molecule has 8 heteroatoms. The number of unbranched alkanes of at least 4 members (excludes halogenated alkanes) is 25. The molecule has 0 saturated heterocycles. The summed E-state index contributed by atoms with van der Waals surface area (Å²) in [5.74, 6) is -1.45. The van der Waals surface area contributed by atoms with Gasteiger partial charge in [0.25, 0.3) is 10.1 Å². The number of amides is 1. The molecule has 1 amide bonds. The summed E-state index contributed by atoms with van der Waals surface area (Å²) in [6, 6.07) is -1.14. The first-order valence-electron chi connectivity index (χ1n) is 18.8. The van der Waals surface area contributed by atoms with Crippen LogP contribution < -0.4 is 5.32 Å². The van der Waals surface area contributed by atoms with Gasteiger partial charge >= 0.3 is 0 Å². The molecule has 0 bridgehead atoms. The number of carbonyl (C=O) groups excluding carboxylic acids is 1. The highest BCUT2D eigenvalue weighted by Gasteiger charge is 2.28. The van der Waals surface area contributed by atoms with E-state index in [4.69, 9.17) is 0 Å². The number of aliphatic hydroxyl groups excluding tert-OH is 2. The van der Waals surface area contributed by atoms with E-state index in [0.29, 0.717) is 19.3 Å². The van der Waals surface area contributed by atoms with Gasteiger partial charge < -0.3 is 15.5 Å². The number of aliphatic hydroxyl groups is 2. The zero-order valence-corrected chi connectivity index (χ0v) is 29.7. The fourth-order valence-electron chi connectivity index (χ4n) is 5.99. The van der Waals surface area contributed by atoms with Crippen molar-refractivity contribution in [2.24, 2.45) is 0 Å². The zero-order chi connectivity index (χ0) is 32.7. The van der Waals surface area contributed by atoms with E-state index >= 15 is 0 Å². The van der Waals surface area contributed by atoms with Crippen LogP contribution in [0.25, 0.3) is 0 Å². The summed E-state index contributed by atoms with van der Waals surface area (Å²) in [7, 11) is -4.38. The molecule has 0 radical (unpaired) electrons. The maximum Gasteiger partial charge on any atom is 0.266 e. The Hall–Kier alpha value is -0.700. The van der Waals surface area contributed by atoms with E-state index in [0.717, 1.165) is 44.9 Å². The van der Waals surface area contributed by atoms with E-state index in [2.05, 4.69) is 19.2 Å². The number of carbonyl (C=O) groups is 1. The van der Waals surface area contributed by atoms with Crippen LogP contribution in [0.4, 0.5) is 0 Å². The molecule has 0 aliphatic heterocycles. The largest absolute Gasteiger partial charge is 0.391 e. The molecule has 0 saturated carbocycles. The lowest BCUT2D eigenvalue weighted by atomic mass is 10.0. The predicted molar refractivity (Wildman–Crippen MR) is 186 cm³/mol. The van der Waals surface area contributed by atoms with Gasteiger partial charge in [-0.3, -0.25) is 9.35 Å². The molecule has 0 rings (SSSR count). The summed E-state index contributed by atoms with van der Waals surface area (Å²) in [5, 5.41) is 23.2. The smallest absolute Gasteiger partial charge is 0.266 e. The van der Waals surface area contributed by atoms with Gasteiger partial charge in [-0.2, -0.15) is 8.42 Å². The monoisotopic (exact) mass is 648 g/mol. The van der Waals surface area contributed by atoms with E-state index in [1.54, 1.807) is 0 Å². The number of hydrogen-bond acceptors (Lipinski definition) is 5. The van der Waals surface area contributed by atoms with Crippen LogP contribution in [0.15, 0.2) is 0 Å². The average Bonchev–Trinajstić information content (AvgIpc) is 2.98. The first-order valence-corrected chi connectivity index (χ1v) is 20.4. The number of hydrogen-bond donors (Lipinski definition) is 4. The van der Waals surface area contributed by atoms with E-state index < -0.39 is 40.0 Å². The lowest BCUT2D eigenvalue weighted by Gasteiger charge is -2.24. The summed E-state index contributed by atoms with van der Waals surface area (Å²) in [4.78, 5) is 12.5. The van der Waals surface area contributed by atoms with Crippen molar-refractivity contribution < 1.29 is 28.0 Å². The number of nitrogens with one attached hydrogen (secondary N) is 1. The highest BCUT2D eigenvalue weighted by atomic mass is 32.2. The third-order valence-corrected chi connectivity index (χ3v) is 9.70. The molecule has 264 valence electrons. The van der Waals surface area contributed by atoms with E-state index in [1.807, 2.05) is 0 Å². The van der Waals surface area contributed by atoms with Crippen LogP contribution >= 0.6 is 0 Å². The Bertz CT molecular complexity index is 732. The molecule has 0 aromatic carbocycles. The van der Waals surface area contributed by atoms with Gasteiger partial charge in [-0.1, -0.05) is 187 Å². The van der Waals surface area contributed by atoms with Crippen molar-refractivity contribution in [3.05, 3.63) is 0 Å². The molecule has 4 N–H and O–H groups in total. The van der Waals surface area contributed by atoms with Gasteiger partial charge in [0.15, 0.2) is 0 Å². The summed E-state index contributed by atoms with van der Waals surface area (Å²) in [6.07, 6.45) is 31.9. The second-order valence-corrected chi connectivity index (χ2v) is 14.9. The van der Waals surface area contributed by atoms with Gasteiger partial charge in [-0.15, -0.1) is 0 Å². The van der Waals surface area contributed by atoms with E-state index in [-0.39, 0.29) is 0 Å². The van der Waals surface area contributed by atoms with Crippen molar-refractivity contribution in [3.63, 3.8) is 0 Å². The summed E-state index contributed by atoms with van der Waals surface area (Å²) in [6.45, 7) is 4.39. The van der Waals surface area contributed by atoms with Gasteiger partial charge in [-0.25, -0.2) is 0 Å². The third kappa shape index (κ3) is 30.0. The minimum absolute atomic E-state index is 0.302. The lowest BCUT2D eigenvalue weighted by molar-refractivity contribution is -0.131. The molecule has 0 aliphatic rings. The minimum atomic E-state index is -4.38. The van der Waals surface area contributed by atoms with Gasteiger partial charge in [0.2, 0.25) is 5.91 Å². The predicted octanol–water partition coefficient (Wildman–Crippen LogP) is 9.43. The molecule has 0 heterocycles. The third-order valence-electron chi connectivity index (χ3n) is 8.92. The van der Waals surface area contributed by atoms with Crippen molar-refractivity contribution in [1.82, 2.24) is 5.32 Å². The van der Waals surface area contributed by atoms with Gasteiger partial charge in [0.1, 0.15) is 6.10 Å². The van der Waals surface area contributed by atoms with Crippen molar-refractivity contribution in [1.29, 1.82) is 0 Å². The average molecular weight is 648 g/mol. The van der Waals surface area contributed by atoms with Crippen molar-refractivity contribution in [2.45, 2.75) is 218 Å². The molecular weight excluding hydrogens is 574 g/mol. The molecule has 0 spiro atoms. The molecular formula is C36H73NO6S. The highest BCUT2D eigenvalue weighted by molar-refractivity contribution is 7.85. The first kappa shape index (κ1) is 43.3. The van der Waals surface area contributed by atoms with Gasteiger partial charge in [-0.05, 0) is 12.8 Å². The van der Waals surface area contributed by atoms with E-state index in [9.17, 15) is 28.0 Å². The Morgan fingerprint density at radius 1 is 0.523 bits per heavy atom. The first-order chi connectivity index (χ1) is 21.2. The Labute approximate surface area is 272 Å². The molecule has 7 nitrogen and oxygen atoms in total. The molecule has 0 fully saturated rings. The van der Waals surface area contributed by atoms with Gasteiger partial charge in [0, 0.05) is 0 Å². The fraction of sp³-hybridized carbons (Fsp3) is 0.972. The van der Waals surface area contributed by atoms with Crippen LogP contribution in [0.2, 0.25) is 0 Å². The Morgan fingerprint density at radius 3 is 1.14 bits per heavy atom. The van der Waals surface area contributed by atoms with Crippen molar-refractivity contribution in [2.75, 3.05) is 5.75 Å². The molecule has 0 aromatic rings. The fourth-order valence-corrected chi connectivity index (χ4v) is 6.75. The summed E-state index contributed by atoms with van der Waals surface area (Å²) >= 11 is 0. The van der Waals surface area contributed by atoms with Crippen molar-refractivity contribution in [3.8, 4) is 0 Å². The molecule has 3 unspecified atom stereocenters. The zero-order valence-electron chi connectivity index (χ0n) is 28.9. The van der Waals surface area contributed by atoms with Crippen LogP contribution in [0.3, 0.4) is 0 Å². The summed E-state index contributed by atoms with van der Waals surface area (Å²) < 4.78 is 32.1. The lowest BCUT2D eigenvalue weighted by Crippen LogP contribution is -2.50. The summed E-state index contributed by atoms with van der Waals surface area (Å²) in [5.41, 5.74) is 0. The van der Waals surface area contributed by atoms with Crippen LogP contribution in [-0.2, 0) is 14.9 Å². The van der Waals surface area contributed by atoms with E-state index in [1.165, 1.54) is 122 Å². The van der Waals surface area contributed by atoms with Crippen LogP contribution in [0, 0.1) is 0 Å². The van der Waals surface area contributed by atoms with Crippen LogP contribution in [0.1, 0.15) is 200 Å². The SMILES string of the molecule is CCCCCCCCCCCCCCCCCCCCCCCCC(O)C(=O)NC(CS(=O)(=O)O)C(O)CCCCCCC. The normalized spacial score (nSPS) is 14.0. The highest BCUT2D eigenvalue weighted by Crippen LogP contribution is 2.16. The Kier molecular flexibility index (Phi) is 30.4. The maximum atomic E-state index is 12.5. The van der Waals surface area contributed by atoms with Crippen molar-refractivity contribution >= 4 is 16.0 Å². The molecule has 0 aliphatic carbocycles. The molecule has 3 atom stereocenters. The standard InChI is InChI=1S/C36H73NO6S/c1-3-5-7-9-10-11-12-13-14-15-16-17-18-19-20-21-22-23-24-25-27-29-31-35(39)36(40)37-33(32-44(41,42)43)34(38)30-28-26-8-6-4-2/h33-35,38-39H,3-32H2,1-2H3,(H,37,40)(H,41,42,43). The van der Waals surface area contributed by atoms with Gasteiger partial charge in [0.05, 0.1) is 17.9 Å².